The minimum Gasteiger partial charge on any atom is -0.465 e. The summed E-state index contributed by atoms with van der Waals surface area (Å²) in [4.78, 5) is 0. The Labute approximate surface area is 157 Å². The second-order valence-corrected chi connectivity index (χ2v) is 6.75. The Morgan fingerprint density at radius 2 is 1.56 bits per heavy atom. The number of hydrogen-bond acceptors (Lipinski definition) is 2. The molecule has 0 bridgehead atoms. The molecule has 0 saturated heterocycles. The molecule has 0 radical (unpaired) electrons. The molecule has 2 heteroatoms. The molecule has 0 fully saturated rings. The van der Waals surface area contributed by atoms with E-state index >= 15 is 0 Å². The highest BCUT2D eigenvalue weighted by atomic mass is 16.7. The molecule has 25 heavy (non-hydrogen) atoms. The van der Waals surface area contributed by atoms with Gasteiger partial charge in [0.25, 0.3) is 0 Å². The molecule has 0 aliphatic rings. The van der Waals surface area contributed by atoms with Crippen molar-refractivity contribution in [3.63, 3.8) is 0 Å². The van der Waals surface area contributed by atoms with Crippen molar-refractivity contribution >= 4 is 0 Å². The second-order valence-electron chi connectivity index (χ2n) is 6.75. The maximum Gasteiger partial charge on any atom is 0.200 e. The van der Waals surface area contributed by atoms with Crippen molar-refractivity contribution in [2.24, 2.45) is 5.41 Å². The lowest BCUT2D eigenvalue weighted by atomic mass is 9.92. The molecule has 0 amide bonds. The molecule has 2 unspecified atom stereocenters. The molecule has 0 aliphatic carbocycles. The van der Waals surface area contributed by atoms with Gasteiger partial charge in [0.15, 0.2) is 6.29 Å². The van der Waals surface area contributed by atoms with Crippen LogP contribution in [0.25, 0.3) is 0 Å². The van der Waals surface area contributed by atoms with Gasteiger partial charge in [-0.3, -0.25) is 0 Å². The van der Waals surface area contributed by atoms with Gasteiger partial charge in [0.05, 0.1) is 0 Å². The van der Waals surface area contributed by atoms with Gasteiger partial charge in [0.2, 0.25) is 0 Å². The van der Waals surface area contributed by atoms with Gasteiger partial charge >= 0.3 is 0 Å². The predicted molar refractivity (Wildman–Crippen MR) is 112 cm³/mol. The number of hydrogen-bond donors (Lipinski definition) is 0. The molecular weight excluding hydrogens is 308 g/mol. The van der Waals surface area contributed by atoms with E-state index in [9.17, 15) is 0 Å². The van der Waals surface area contributed by atoms with Gasteiger partial charge in [-0.1, -0.05) is 73.6 Å². The predicted octanol–water partition coefficient (Wildman–Crippen LogP) is 7.60. The van der Waals surface area contributed by atoms with Gasteiger partial charge < -0.3 is 9.47 Å². The van der Waals surface area contributed by atoms with Crippen molar-refractivity contribution in [1.82, 2.24) is 0 Å². The van der Waals surface area contributed by atoms with Gasteiger partial charge in [-0.25, -0.2) is 0 Å². The highest BCUT2D eigenvalue weighted by Gasteiger charge is 2.20. The van der Waals surface area contributed by atoms with E-state index in [0.717, 1.165) is 25.0 Å². The number of allylic oxidation sites excluding steroid dienone is 1. The fourth-order valence-electron chi connectivity index (χ4n) is 2.38. The Morgan fingerprint density at radius 3 is 1.92 bits per heavy atom. The zero-order chi connectivity index (χ0) is 19.9. The van der Waals surface area contributed by atoms with E-state index in [1.165, 1.54) is 5.56 Å². The Bertz CT molecular complexity index is 415. The first-order valence-electron chi connectivity index (χ1n) is 9.80. The van der Waals surface area contributed by atoms with E-state index in [2.05, 4.69) is 46.4 Å². The number of rotatable bonds is 8. The van der Waals surface area contributed by atoms with Crippen molar-refractivity contribution in [1.29, 1.82) is 0 Å². The largest absolute Gasteiger partial charge is 0.465 e. The topological polar surface area (TPSA) is 18.5 Å². The zero-order valence-electron chi connectivity index (χ0n) is 18.2. The molecule has 0 N–H and O–H groups in total. The van der Waals surface area contributed by atoms with E-state index in [1.807, 2.05) is 45.9 Å². The minimum absolute atomic E-state index is 0.178. The maximum absolute atomic E-state index is 5.93. The standard InChI is InChI=1S/C19H30O2.2C2H6/c1-7-9-15(8-2)16-10-12-17(13-11-16)21-18(20-6)14-19(3,4)5;2*1-2/h7,10-13,15,18H,1,8-9,14H2,2-6H3;2*1-2H3. The van der Waals surface area contributed by atoms with E-state index < -0.39 is 0 Å². The summed E-state index contributed by atoms with van der Waals surface area (Å²) in [5.41, 5.74) is 1.52. The average molecular weight is 351 g/mol. The quantitative estimate of drug-likeness (QED) is 0.355. The second kappa shape index (κ2) is 15.0. The Hall–Kier alpha value is -1.28. The van der Waals surface area contributed by atoms with E-state index in [-0.39, 0.29) is 11.7 Å². The van der Waals surface area contributed by atoms with E-state index in [0.29, 0.717) is 5.92 Å². The van der Waals surface area contributed by atoms with Crippen LogP contribution in [0.15, 0.2) is 36.9 Å². The lowest BCUT2D eigenvalue weighted by Gasteiger charge is -2.25. The summed E-state index contributed by atoms with van der Waals surface area (Å²) in [6.45, 7) is 20.6. The van der Waals surface area contributed by atoms with Crippen LogP contribution in [0, 0.1) is 5.41 Å². The molecule has 2 atom stereocenters. The van der Waals surface area contributed by atoms with Crippen LogP contribution >= 0.6 is 0 Å². The van der Waals surface area contributed by atoms with Crippen LogP contribution in [0.1, 0.15) is 86.1 Å². The van der Waals surface area contributed by atoms with Gasteiger partial charge in [-0.2, -0.15) is 0 Å². The lowest BCUT2D eigenvalue weighted by molar-refractivity contribution is -0.0756. The average Bonchev–Trinajstić information content (AvgIpc) is 2.62. The SMILES string of the molecule is C=CCC(CC)c1ccc(OC(CC(C)(C)C)OC)cc1.CC.CC. The molecule has 0 aliphatic heterocycles. The van der Waals surface area contributed by atoms with Crippen molar-refractivity contribution in [2.45, 2.75) is 86.9 Å². The monoisotopic (exact) mass is 350 g/mol. The van der Waals surface area contributed by atoms with Crippen molar-refractivity contribution < 1.29 is 9.47 Å². The Balaban J connectivity index is 0. The first kappa shape index (κ1) is 26.0. The Morgan fingerprint density at radius 1 is 1.04 bits per heavy atom. The maximum atomic E-state index is 5.93. The van der Waals surface area contributed by atoms with Crippen LogP contribution < -0.4 is 4.74 Å². The van der Waals surface area contributed by atoms with Crippen LogP contribution in [-0.2, 0) is 4.74 Å². The van der Waals surface area contributed by atoms with Crippen molar-refractivity contribution in [3.05, 3.63) is 42.5 Å². The zero-order valence-corrected chi connectivity index (χ0v) is 18.2. The third kappa shape index (κ3) is 11.8. The van der Waals surface area contributed by atoms with E-state index in [4.69, 9.17) is 9.47 Å². The number of benzene rings is 1. The summed E-state index contributed by atoms with van der Waals surface area (Å²) in [5.74, 6) is 1.41. The van der Waals surface area contributed by atoms with Crippen LogP contribution in [0.3, 0.4) is 0 Å². The summed E-state index contributed by atoms with van der Waals surface area (Å²) in [5, 5.41) is 0. The molecule has 0 heterocycles. The van der Waals surface area contributed by atoms with Crippen molar-refractivity contribution in [3.8, 4) is 5.75 Å². The molecule has 1 aromatic carbocycles. The van der Waals surface area contributed by atoms with Crippen LogP contribution in [0.4, 0.5) is 0 Å². The third-order valence-electron chi connectivity index (χ3n) is 3.60. The summed E-state index contributed by atoms with van der Waals surface area (Å²) in [6.07, 6.45) is 4.78. The molecular formula is C23H42O2. The number of ether oxygens (including phenoxy) is 2. The van der Waals surface area contributed by atoms with Gasteiger partial charge in [0.1, 0.15) is 5.75 Å². The fourth-order valence-corrected chi connectivity index (χ4v) is 2.38. The highest BCUT2D eigenvalue weighted by molar-refractivity contribution is 5.29. The summed E-state index contributed by atoms with van der Waals surface area (Å²) in [6, 6.07) is 8.37. The number of methoxy groups -OCH3 is 1. The molecule has 0 saturated carbocycles. The van der Waals surface area contributed by atoms with E-state index in [1.54, 1.807) is 7.11 Å². The highest BCUT2D eigenvalue weighted by Crippen LogP contribution is 2.27. The van der Waals surface area contributed by atoms with Crippen LogP contribution in [-0.4, -0.2) is 13.4 Å². The molecule has 2 nitrogen and oxygen atoms in total. The molecule has 1 aromatic rings. The minimum atomic E-state index is -0.203. The van der Waals surface area contributed by atoms with Crippen LogP contribution in [0.2, 0.25) is 0 Å². The lowest BCUT2D eigenvalue weighted by Crippen LogP contribution is -2.25. The van der Waals surface area contributed by atoms with Crippen molar-refractivity contribution in [2.75, 3.05) is 7.11 Å². The molecule has 1 rings (SSSR count). The van der Waals surface area contributed by atoms with Gasteiger partial charge in [-0.05, 0) is 41.9 Å². The molecule has 0 aromatic heterocycles. The molecule has 0 spiro atoms. The summed E-state index contributed by atoms with van der Waals surface area (Å²) < 4.78 is 11.4. The van der Waals surface area contributed by atoms with Gasteiger partial charge in [-0.15, -0.1) is 6.58 Å². The smallest absolute Gasteiger partial charge is 0.200 e. The summed E-state index contributed by atoms with van der Waals surface area (Å²) in [7, 11) is 1.70. The first-order chi connectivity index (χ1) is 11.9. The third-order valence-corrected chi connectivity index (χ3v) is 3.60. The van der Waals surface area contributed by atoms with Crippen LogP contribution in [0.5, 0.6) is 5.75 Å². The molecule has 146 valence electrons. The fraction of sp³-hybridized carbons (Fsp3) is 0.652. The first-order valence-corrected chi connectivity index (χ1v) is 9.80. The normalized spacial score (nSPS) is 12.7. The summed E-state index contributed by atoms with van der Waals surface area (Å²) >= 11 is 0. The Kier molecular flexibility index (Phi) is 15.6. The van der Waals surface area contributed by atoms with Gasteiger partial charge in [0, 0.05) is 13.5 Å².